The van der Waals surface area contributed by atoms with Crippen molar-refractivity contribution in [3.05, 3.63) is 28.7 Å². The second kappa shape index (κ2) is 4.77. The second-order valence-corrected chi connectivity index (χ2v) is 3.84. The Hall–Kier alpha value is -2.52. The number of fused-ring (bicyclic) bond motifs is 1. The summed E-state index contributed by atoms with van der Waals surface area (Å²) in [5.74, 6) is 1.97. The lowest BCUT2D eigenvalue weighted by Crippen LogP contribution is -2.35. The Labute approximate surface area is 103 Å². The van der Waals surface area contributed by atoms with Crippen LogP contribution in [0.25, 0.3) is 11.0 Å². The van der Waals surface area contributed by atoms with E-state index in [4.69, 9.17) is 12.2 Å². The molecule has 2 rings (SSSR count). The molecule has 0 saturated heterocycles. The van der Waals surface area contributed by atoms with Gasteiger partial charge in [-0.25, -0.2) is 4.79 Å². The van der Waals surface area contributed by atoms with Crippen molar-refractivity contribution < 1.29 is 4.79 Å². The topological polar surface area (TPSA) is 104 Å². The quantitative estimate of drug-likeness (QED) is 0.577. The molecule has 0 radical (unpaired) electrons. The fourth-order valence-corrected chi connectivity index (χ4v) is 1.56. The molecule has 2 aromatic rings. The molecule has 0 spiro atoms. The van der Waals surface area contributed by atoms with Gasteiger partial charge in [0.15, 0.2) is 0 Å². The van der Waals surface area contributed by atoms with Crippen LogP contribution in [0.5, 0.6) is 0 Å². The minimum absolute atomic E-state index is 0.176. The zero-order valence-electron chi connectivity index (χ0n) is 9.49. The molecule has 6 nitrogen and oxygen atoms in total. The van der Waals surface area contributed by atoms with Gasteiger partial charge in [-0.05, 0) is 18.2 Å². The Kier molecular flexibility index (Phi) is 3.17. The summed E-state index contributed by atoms with van der Waals surface area (Å²) >= 11 is 0. The highest BCUT2D eigenvalue weighted by Crippen LogP contribution is 2.14. The lowest BCUT2D eigenvalue weighted by molar-refractivity contribution is -0.117. The maximum Gasteiger partial charge on any atom is 0.323 e. The number of terminal acetylenes is 1. The van der Waals surface area contributed by atoms with Crippen LogP contribution in [0.2, 0.25) is 0 Å². The van der Waals surface area contributed by atoms with E-state index < -0.39 is 6.04 Å². The summed E-state index contributed by atoms with van der Waals surface area (Å²) in [6.07, 6.45) is 5.26. The third kappa shape index (κ3) is 2.42. The molecule has 0 saturated carbocycles. The number of hydrogen-bond acceptors (Lipinski definition) is 3. The summed E-state index contributed by atoms with van der Waals surface area (Å²) in [5, 5.41) is 2.63. The number of imidazole rings is 1. The number of carbonyl (C=O) groups excluding carboxylic acids is 1. The smallest absolute Gasteiger partial charge is 0.323 e. The molecule has 1 amide bonds. The molecular weight excluding hydrogens is 232 g/mol. The van der Waals surface area contributed by atoms with Gasteiger partial charge in [-0.1, -0.05) is 0 Å². The molecule has 0 aliphatic carbocycles. The molecule has 5 N–H and O–H groups in total. The SMILES string of the molecule is C#CCC(N)C(=O)Nc1ccc2[nH]c(=O)[nH]c2c1. The van der Waals surface area contributed by atoms with Crippen molar-refractivity contribution in [2.45, 2.75) is 12.5 Å². The van der Waals surface area contributed by atoms with Gasteiger partial charge in [0.25, 0.3) is 0 Å². The zero-order valence-corrected chi connectivity index (χ0v) is 9.49. The Bertz CT molecular complexity index is 677. The number of H-pyrrole nitrogens is 2. The summed E-state index contributed by atoms with van der Waals surface area (Å²) < 4.78 is 0. The van der Waals surface area contributed by atoms with E-state index in [0.29, 0.717) is 16.7 Å². The van der Waals surface area contributed by atoms with Gasteiger partial charge in [0.2, 0.25) is 5.91 Å². The molecule has 0 bridgehead atoms. The van der Waals surface area contributed by atoms with Gasteiger partial charge in [0.1, 0.15) is 0 Å². The van der Waals surface area contributed by atoms with Crippen molar-refractivity contribution in [2.24, 2.45) is 5.73 Å². The van der Waals surface area contributed by atoms with Crippen LogP contribution in [-0.4, -0.2) is 21.9 Å². The Morgan fingerprint density at radius 1 is 1.44 bits per heavy atom. The fraction of sp³-hybridized carbons (Fsp3) is 0.167. The summed E-state index contributed by atoms with van der Waals surface area (Å²) in [5.41, 5.74) is 7.12. The standard InChI is InChI=1S/C12H12N4O2/c1-2-3-8(13)11(17)14-7-4-5-9-10(6-7)16-12(18)15-9/h1,4-6,8H,3,13H2,(H,14,17)(H2,15,16,18). The Morgan fingerprint density at radius 3 is 2.89 bits per heavy atom. The first-order valence-corrected chi connectivity index (χ1v) is 5.32. The van der Waals surface area contributed by atoms with Crippen molar-refractivity contribution in [3.8, 4) is 12.3 Å². The number of hydrogen-bond donors (Lipinski definition) is 4. The van der Waals surface area contributed by atoms with Crippen molar-refractivity contribution in [3.63, 3.8) is 0 Å². The largest absolute Gasteiger partial charge is 0.325 e. The van der Waals surface area contributed by atoms with Crippen LogP contribution < -0.4 is 16.7 Å². The lowest BCUT2D eigenvalue weighted by Gasteiger charge is -2.09. The molecule has 0 aliphatic heterocycles. The monoisotopic (exact) mass is 244 g/mol. The molecule has 1 heterocycles. The van der Waals surface area contributed by atoms with Crippen LogP contribution in [0, 0.1) is 12.3 Å². The first-order chi connectivity index (χ1) is 8.60. The molecule has 0 fully saturated rings. The van der Waals surface area contributed by atoms with E-state index in [2.05, 4.69) is 21.2 Å². The van der Waals surface area contributed by atoms with Crippen molar-refractivity contribution >= 4 is 22.6 Å². The maximum atomic E-state index is 11.6. The Morgan fingerprint density at radius 2 is 2.17 bits per heavy atom. The fourth-order valence-electron chi connectivity index (χ4n) is 1.56. The summed E-state index contributed by atoms with van der Waals surface area (Å²) in [6, 6.07) is 4.27. The highest BCUT2D eigenvalue weighted by Gasteiger charge is 2.12. The molecule has 1 aromatic carbocycles. The number of nitrogens with one attached hydrogen (secondary N) is 3. The van der Waals surface area contributed by atoms with Gasteiger partial charge in [-0.2, -0.15) is 0 Å². The van der Waals surface area contributed by atoms with E-state index in [1.807, 2.05) is 0 Å². The van der Waals surface area contributed by atoms with Crippen molar-refractivity contribution in [2.75, 3.05) is 5.32 Å². The van der Waals surface area contributed by atoms with Crippen LogP contribution >= 0.6 is 0 Å². The van der Waals surface area contributed by atoms with Crippen molar-refractivity contribution in [1.29, 1.82) is 0 Å². The number of benzene rings is 1. The minimum atomic E-state index is -0.740. The maximum absolute atomic E-state index is 11.6. The minimum Gasteiger partial charge on any atom is -0.325 e. The summed E-state index contributed by atoms with van der Waals surface area (Å²) in [7, 11) is 0. The average molecular weight is 244 g/mol. The number of nitrogens with two attached hydrogens (primary N) is 1. The van der Waals surface area contributed by atoms with E-state index in [1.165, 1.54) is 0 Å². The first kappa shape index (κ1) is 12.0. The Balaban J connectivity index is 2.19. The number of aromatic amines is 2. The van der Waals surface area contributed by atoms with Crippen LogP contribution in [0.4, 0.5) is 5.69 Å². The molecule has 1 unspecified atom stereocenters. The van der Waals surface area contributed by atoms with E-state index in [0.717, 1.165) is 0 Å². The van der Waals surface area contributed by atoms with Crippen LogP contribution in [0.15, 0.2) is 23.0 Å². The number of anilines is 1. The highest BCUT2D eigenvalue weighted by molar-refractivity contribution is 5.96. The number of carbonyl (C=O) groups is 1. The third-order valence-electron chi connectivity index (χ3n) is 2.46. The lowest BCUT2D eigenvalue weighted by atomic mass is 10.2. The zero-order chi connectivity index (χ0) is 13.1. The van der Waals surface area contributed by atoms with Gasteiger partial charge in [-0.3, -0.25) is 4.79 Å². The predicted octanol–water partition coefficient (Wildman–Crippen LogP) is 0.145. The average Bonchev–Trinajstić information content (AvgIpc) is 2.68. The molecule has 0 aliphatic rings. The predicted molar refractivity (Wildman–Crippen MR) is 69.0 cm³/mol. The van der Waals surface area contributed by atoms with Gasteiger partial charge in [0, 0.05) is 12.1 Å². The van der Waals surface area contributed by atoms with E-state index >= 15 is 0 Å². The van der Waals surface area contributed by atoms with Crippen LogP contribution in [0.1, 0.15) is 6.42 Å². The molecule has 92 valence electrons. The van der Waals surface area contributed by atoms with Gasteiger partial charge >= 0.3 is 5.69 Å². The first-order valence-electron chi connectivity index (χ1n) is 5.32. The molecular formula is C12H12N4O2. The van der Waals surface area contributed by atoms with E-state index in [1.54, 1.807) is 18.2 Å². The van der Waals surface area contributed by atoms with Gasteiger partial charge in [0.05, 0.1) is 17.1 Å². The normalized spacial score (nSPS) is 12.0. The summed E-state index contributed by atoms with van der Waals surface area (Å²) in [6.45, 7) is 0. The second-order valence-electron chi connectivity index (χ2n) is 3.84. The van der Waals surface area contributed by atoms with Crippen LogP contribution in [-0.2, 0) is 4.79 Å². The van der Waals surface area contributed by atoms with Crippen LogP contribution in [0.3, 0.4) is 0 Å². The van der Waals surface area contributed by atoms with Crippen molar-refractivity contribution in [1.82, 2.24) is 9.97 Å². The van der Waals surface area contributed by atoms with E-state index in [-0.39, 0.29) is 18.0 Å². The number of aromatic nitrogens is 2. The summed E-state index contributed by atoms with van der Waals surface area (Å²) in [4.78, 5) is 27.9. The van der Waals surface area contributed by atoms with Gasteiger partial charge < -0.3 is 21.0 Å². The molecule has 1 aromatic heterocycles. The van der Waals surface area contributed by atoms with E-state index in [9.17, 15) is 9.59 Å². The molecule has 18 heavy (non-hydrogen) atoms. The molecule has 1 atom stereocenters. The van der Waals surface area contributed by atoms with Gasteiger partial charge in [-0.15, -0.1) is 12.3 Å². The third-order valence-corrected chi connectivity index (χ3v) is 2.46. The molecule has 6 heteroatoms. The number of amides is 1. The number of rotatable bonds is 3. The highest BCUT2D eigenvalue weighted by atomic mass is 16.2.